The number of benzene rings is 2. The van der Waals surface area contributed by atoms with Gasteiger partial charge in [-0.05, 0) is 62.6 Å². The fourth-order valence-electron chi connectivity index (χ4n) is 2.14. The number of rotatable bonds is 3. The number of hydrogen-bond acceptors (Lipinski definition) is 3. The maximum absolute atomic E-state index is 12.3. The maximum atomic E-state index is 12.3. The van der Waals surface area contributed by atoms with E-state index in [-0.39, 0.29) is 17.1 Å². The van der Waals surface area contributed by atoms with E-state index in [1.54, 1.807) is 29.5 Å². The van der Waals surface area contributed by atoms with Gasteiger partial charge in [0.1, 0.15) is 5.75 Å². The Bertz CT molecular complexity index is 897. The van der Waals surface area contributed by atoms with E-state index in [2.05, 4.69) is 37.9 Å². The van der Waals surface area contributed by atoms with Gasteiger partial charge in [0, 0.05) is 9.17 Å². The second-order valence-electron chi connectivity index (χ2n) is 4.67. The molecular weight excluding hydrogens is 428 g/mol. The molecule has 0 amide bonds. The topological polar surface area (TPSA) is 37.3 Å². The Kier molecular flexibility index (Phi) is 4.47. The Morgan fingerprint density at radius 2 is 1.95 bits per heavy atom. The van der Waals surface area contributed by atoms with Crippen LogP contribution in [0.3, 0.4) is 0 Å². The third-order valence-electron chi connectivity index (χ3n) is 3.22. The Balaban J connectivity index is 1.94. The summed E-state index contributed by atoms with van der Waals surface area (Å²) in [5.74, 6) is -0.289. The first-order valence-electron chi connectivity index (χ1n) is 6.43. The normalized spacial score (nSPS) is 11.4. The van der Waals surface area contributed by atoms with Gasteiger partial charge >= 0.3 is 0 Å². The molecule has 3 rings (SSSR count). The summed E-state index contributed by atoms with van der Waals surface area (Å²) < 4.78 is 2.40. The lowest BCUT2D eigenvalue weighted by atomic mass is 10.1. The molecule has 110 valence electrons. The van der Waals surface area contributed by atoms with E-state index >= 15 is 0 Å². The number of hydrogen-bond donors (Lipinski definition) is 1. The monoisotopic (exact) mass is 436 g/mol. The third kappa shape index (κ3) is 3.02. The van der Waals surface area contributed by atoms with Crippen LogP contribution < -0.4 is 0 Å². The smallest absolute Gasteiger partial charge is 0.189 e. The van der Waals surface area contributed by atoms with E-state index in [1.807, 2.05) is 23.6 Å². The SMILES string of the molecule is O=C(/C=C/c1csc2ccccc12)c1cc(Br)cc(Br)c1O. The minimum Gasteiger partial charge on any atom is -0.506 e. The predicted octanol–water partition coefficient (Wildman–Crippen LogP) is 6.03. The molecule has 22 heavy (non-hydrogen) atoms. The van der Waals surface area contributed by atoms with Crippen LogP contribution in [0.2, 0.25) is 0 Å². The highest BCUT2D eigenvalue weighted by molar-refractivity contribution is 9.11. The number of phenolic OH excluding ortho intramolecular Hbond substituents is 1. The van der Waals surface area contributed by atoms with Gasteiger partial charge in [-0.15, -0.1) is 11.3 Å². The van der Waals surface area contributed by atoms with E-state index in [9.17, 15) is 9.90 Å². The van der Waals surface area contributed by atoms with Gasteiger partial charge in [0.15, 0.2) is 5.78 Å². The third-order valence-corrected chi connectivity index (χ3v) is 5.26. The zero-order chi connectivity index (χ0) is 15.7. The highest BCUT2D eigenvalue weighted by Gasteiger charge is 2.13. The molecule has 1 N–H and O–H groups in total. The van der Waals surface area contributed by atoms with Crippen molar-refractivity contribution in [3.8, 4) is 5.75 Å². The van der Waals surface area contributed by atoms with Crippen molar-refractivity contribution in [1.29, 1.82) is 0 Å². The summed E-state index contributed by atoms with van der Waals surface area (Å²) in [6.07, 6.45) is 3.28. The molecule has 0 saturated carbocycles. The number of thiophene rings is 1. The zero-order valence-corrected chi connectivity index (χ0v) is 15.2. The molecule has 0 atom stereocenters. The fraction of sp³-hybridized carbons (Fsp3) is 0. The first kappa shape index (κ1) is 15.5. The first-order valence-corrected chi connectivity index (χ1v) is 8.89. The lowest BCUT2D eigenvalue weighted by Crippen LogP contribution is -1.95. The summed E-state index contributed by atoms with van der Waals surface area (Å²) in [6, 6.07) is 11.4. The quantitative estimate of drug-likeness (QED) is 0.401. The molecule has 0 fully saturated rings. The number of fused-ring (bicyclic) bond motifs is 1. The fourth-order valence-corrected chi connectivity index (χ4v) is 4.29. The van der Waals surface area contributed by atoms with E-state index in [0.717, 1.165) is 15.4 Å². The van der Waals surface area contributed by atoms with Crippen molar-refractivity contribution in [1.82, 2.24) is 0 Å². The van der Waals surface area contributed by atoms with Gasteiger partial charge in [0.25, 0.3) is 0 Å². The molecule has 2 nitrogen and oxygen atoms in total. The Labute approximate surface area is 148 Å². The number of carbonyl (C=O) groups is 1. The molecular formula is C17H10Br2O2S. The summed E-state index contributed by atoms with van der Waals surface area (Å²) in [5.41, 5.74) is 1.26. The number of halogens is 2. The van der Waals surface area contributed by atoms with Crippen LogP contribution in [0.5, 0.6) is 5.75 Å². The van der Waals surface area contributed by atoms with Gasteiger partial charge in [0.05, 0.1) is 10.0 Å². The van der Waals surface area contributed by atoms with Crippen LogP contribution in [0.15, 0.2) is 56.8 Å². The number of ketones is 1. The molecule has 0 aliphatic carbocycles. The molecule has 5 heteroatoms. The highest BCUT2D eigenvalue weighted by Crippen LogP contribution is 2.32. The van der Waals surface area contributed by atoms with Crippen LogP contribution in [-0.2, 0) is 0 Å². The molecule has 0 saturated heterocycles. The van der Waals surface area contributed by atoms with Crippen molar-refractivity contribution in [3.05, 3.63) is 67.9 Å². The van der Waals surface area contributed by atoms with Crippen molar-refractivity contribution in [2.75, 3.05) is 0 Å². The van der Waals surface area contributed by atoms with Crippen LogP contribution in [0.4, 0.5) is 0 Å². The van der Waals surface area contributed by atoms with Crippen molar-refractivity contribution >= 4 is 65.1 Å². The van der Waals surface area contributed by atoms with Crippen LogP contribution in [-0.4, -0.2) is 10.9 Å². The minimum atomic E-state index is -0.241. The largest absolute Gasteiger partial charge is 0.506 e. The average molecular weight is 438 g/mol. The van der Waals surface area contributed by atoms with Crippen molar-refractivity contribution in [2.45, 2.75) is 0 Å². The van der Waals surface area contributed by atoms with Gasteiger partial charge in [-0.25, -0.2) is 0 Å². The Hall–Kier alpha value is -1.43. The van der Waals surface area contributed by atoms with Crippen molar-refractivity contribution in [2.24, 2.45) is 0 Å². The number of carbonyl (C=O) groups excluding carboxylic acids is 1. The maximum Gasteiger partial charge on any atom is 0.189 e. The van der Waals surface area contributed by atoms with Gasteiger partial charge in [0.2, 0.25) is 0 Å². The Morgan fingerprint density at radius 3 is 2.77 bits per heavy atom. The van der Waals surface area contributed by atoms with Gasteiger partial charge in [-0.2, -0.15) is 0 Å². The number of allylic oxidation sites excluding steroid dienone is 1. The molecule has 1 aromatic heterocycles. The molecule has 0 radical (unpaired) electrons. The van der Waals surface area contributed by atoms with Crippen molar-refractivity contribution < 1.29 is 9.90 Å². The zero-order valence-electron chi connectivity index (χ0n) is 11.2. The van der Waals surface area contributed by atoms with Crippen LogP contribution in [0.25, 0.3) is 16.2 Å². The second-order valence-corrected chi connectivity index (χ2v) is 7.35. The molecule has 0 aliphatic rings. The predicted molar refractivity (Wildman–Crippen MR) is 98.7 cm³/mol. The molecule has 2 aromatic carbocycles. The van der Waals surface area contributed by atoms with Gasteiger partial charge in [-0.3, -0.25) is 4.79 Å². The lowest BCUT2D eigenvalue weighted by molar-refractivity contribution is 0.104. The molecule has 0 bridgehead atoms. The molecule has 1 heterocycles. The molecule has 0 aliphatic heterocycles. The van der Waals surface area contributed by atoms with E-state index in [0.29, 0.717) is 4.47 Å². The standard InChI is InChI=1S/C17H10Br2O2S/c18-11-7-13(17(21)14(19)8-11)15(20)6-5-10-9-22-16-4-2-1-3-12(10)16/h1-9,21H/b6-5+. The van der Waals surface area contributed by atoms with Crippen LogP contribution in [0.1, 0.15) is 15.9 Å². The number of phenols is 1. The summed E-state index contributed by atoms with van der Waals surface area (Å²) >= 11 is 8.20. The summed E-state index contributed by atoms with van der Waals surface area (Å²) in [7, 11) is 0. The molecule has 0 unspecified atom stereocenters. The first-order chi connectivity index (χ1) is 10.6. The summed E-state index contributed by atoms with van der Waals surface area (Å²) in [5, 5.41) is 13.1. The van der Waals surface area contributed by atoms with Gasteiger partial charge < -0.3 is 5.11 Å². The van der Waals surface area contributed by atoms with Gasteiger partial charge in [-0.1, -0.05) is 34.1 Å². The van der Waals surface area contributed by atoms with E-state index in [1.165, 1.54) is 10.8 Å². The number of aromatic hydroxyl groups is 1. The van der Waals surface area contributed by atoms with E-state index in [4.69, 9.17) is 0 Å². The summed E-state index contributed by atoms with van der Waals surface area (Å²) in [6.45, 7) is 0. The lowest BCUT2D eigenvalue weighted by Gasteiger charge is -2.04. The summed E-state index contributed by atoms with van der Waals surface area (Å²) in [4.78, 5) is 12.3. The average Bonchev–Trinajstić information content (AvgIpc) is 2.91. The van der Waals surface area contributed by atoms with E-state index < -0.39 is 0 Å². The van der Waals surface area contributed by atoms with Crippen molar-refractivity contribution in [3.63, 3.8) is 0 Å². The highest BCUT2D eigenvalue weighted by atomic mass is 79.9. The molecule has 0 spiro atoms. The minimum absolute atomic E-state index is 0.0481. The van der Waals surface area contributed by atoms with Crippen LogP contribution >= 0.6 is 43.2 Å². The second kappa shape index (κ2) is 6.36. The Morgan fingerprint density at radius 1 is 1.18 bits per heavy atom. The van der Waals surface area contributed by atoms with Crippen LogP contribution in [0, 0.1) is 0 Å². The molecule has 3 aromatic rings.